The number of nitrogens with zero attached hydrogens (tertiary/aromatic N) is 1. The van der Waals surface area contributed by atoms with Crippen molar-refractivity contribution in [2.75, 3.05) is 26.2 Å². The number of phenols is 1. The number of hydrogen-bond acceptors (Lipinski definition) is 3. The Kier molecular flexibility index (Phi) is 4.59. The van der Waals surface area contributed by atoms with Crippen molar-refractivity contribution in [2.24, 2.45) is 0 Å². The van der Waals surface area contributed by atoms with Crippen LogP contribution in [0.25, 0.3) is 0 Å². The molecule has 0 aromatic heterocycles. The molecule has 100 valence electrons. The minimum absolute atomic E-state index is 0.0784. The van der Waals surface area contributed by atoms with Crippen molar-refractivity contribution in [3.8, 4) is 5.75 Å². The summed E-state index contributed by atoms with van der Waals surface area (Å²) in [5.74, 6) is -0.796. The smallest absolute Gasteiger partial charge is 0.179 e. The first-order chi connectivity index (χ1) is 8.65. The number of rotatable bonds is 3. The SMILES string of the molecule is CC[C@H](c1ccc(Br)c(F)c1O)N1CCNCC1. The van der Waals surface area contributed by atoms with Crippen molar-refractivity contribution in [3.05, 3.63) is 28.0 Å². The quantitative estimate of drug-likeness (QED) is 0.900. The van der Waals surface area contributed by atoms with Crippen LogP contribution in [0, 0.1) is 5.82 Å². The maximum absolute atomic E-state index is 13.7. The summed E-state index contributed by atoms with van der Waals surface area (Å²) in [6, 6.07) is 3.54. The van der Waals surface area contributed by atoms with Gasteiger partial charge in [0.05, 0.1) is 4.47 Å². The fourth-order valence-corrected chi connectivity index (χ4v) is 2.81. The van der Waals surface area contributed by atoms with Gasteiger partial charge in [-0.15, -0.1) is 0 Å². The van der Waals surface area contributed by atoms with E-state index in [1.165, 1.54) is 0 Å². The van der Waals surface area contributed by atoms with E-state index in [1.807, 2.05) is 0 Å². The van der Waals surface area contributed by atoms with Crippen molar-refractivity contribution in [1.29, 1.82) is 0 Å². The van der Waals surface area contributed by atoms with E-state index in [0.717, 1.165) is 32.6 Å². The Labute approximate surface area is 115 Å². The van der Waals surface area contributed by atoms with Crippen molar-refractivity contribution < 1.29 is 9.50 Å². The first kappa shape index (κ1) is 13.8. The van der Waals surface area contributed by atoms with E-state index in [-0.39, 0.29) is 11.8 Å². The Balaban J connectivity index is 2.29. The molecule has 1 saturated heterocycles. The van der Waals surface area contributed by atoms with Crippen LogP contribution in [0.1, 0.15) is 24.9 Å². The van der Waals surface area contributed by atoms with E-state index in [9.17, 15) is 9.50 Å². The molecule has 1 aromatic rings. The molecule has 1 fully saturated rings. The lowest BCUT2D eigenvalue weighted by molar-refractivity contribution is 0.166. The third-order valence-corrected chi connectivity index (χ3v) is 4.05. The monoisotopic (exact) mass is 316 g/mol. The van der Waals surface area contributed by atoms with Gasteiger partial charge in [-0.25, -0.2) is 4.39 Å². The zero-order valence-corrected chi connectivity index (χ0v) is 12.0. The Morgan fingerprint density at radius 1 is 1.44 bits per heavy atom. The molecule has 0 bridgehead atoms. The first-order valence-corrected chi connectivity index (χ1v) is 7.06. The Morgan fingerprint density at radius 2 is 2.11 bits per heavy atom. The van der Waals surface area contributed by atoms with Crippen molar-refractivity contribution >= 4 is 15.9 Å². The van der Waals surface area contributed by atoms with Crippen LogP contribution in [-0.2, 0) is 0 Å². The van der Waals surface area contributed by atoms with Gasteiger partial charge in [0.2, 0.25) is 0 Å². The lowest BCUT2D eigenvalue weighted by Crippen LogP contribution is -2.45. The molecule has 0 unspecified atom stereocenters. The van der Waals surface area contributed by atoms with Crippen molar-refractivity contribution in [2.45, 2.75) is 19.4 Å². The number of halogens is 2. The normalized spacial score (nSPS) is 18.8. The standard InChI is InChI=1S/C13H18BrFN2O/c1-2-11(17-7-5-16-6-8-17)9-3-4-10(14)12(15)13(9)18/h3-4,11,16,18H,2,5-8H2,1H3/t11-/m1/s1. The van der Waals surface area contributed by atoms with Crippen molar-refractivity contribution in [3.63, 3.8) is 0 Å². The van der Waals surface area contributed by atoms with E-state index in [4.69, 9.17) is 0 Å². The highest BCUT2D eigenvalue weighted by molar-refractivity contribution is 9.10. The van der Waals surface area contributed by atoms with Crippen LogP contribution >= 0.6 is 15.9 Å². The van der Waals surface area contributed by atoms with Crippen LogP contribution < -0.4 is 5.32 Å². The summed E-state index contributed by atoms with van der Waals surface area (Å²) in [5.41, 5.74) is 0.681. The van der Waals surface area contributed by atoms with Crippen LogP contribution in [0.15, 0.2) is 16.6 Å². The molecule has 5 heteroatoms. The summed E-state index contributed by atoms with van der Waals surface area (Å²) in [5, 5.41) is 13.3. The predicted octanol–water partition coefficient (Wildman–Crippen LogP) is 2.65. The second kappa shape index (κ2) is 5.99. The molecule has 1 atom stereocenters. The second-order valence-corrected chi connectivity index (χ2v) is 5.36. The van der Waals surface area contributed by atoms with Crippen LogP contribution in [0.3, 0.4) is 0 Å². The Hall–Kier alpha value is -0.650. The molecule has 1 aliphatic heterocycles. The highest BCUT2D eigenvalue weighted by Crippen LogP contribution is 2.35. The minimum Gasteiger partial charge on any atom is -0.505 e. The molecule has 2 N–H and O–H groups in total. The Bertz CT molecular complexity index is 422. The molecule has 0 saturated carbocycles. The van der Waals surface area contributed by atoms with Crippen LogP contribution in [0.4, 0.5) is 4.39 Å². The van der Waals surface area contributed by atoms with Crippen LogP contribution in [-0.4, -0.2) is 36.2 Å². The topological polar surface area (TPSA) is 35.5 Å². The molecule has 3 nitrogen and oxygen atoms in total. The third kappa shape index (κ3) is 2.68. The summed E-state index contributed by atoms with van der Waals surface area (Å²) in [4.78, 5) is 2.29. The summed E-state index contributed by atoms with van der Waals surface area (Å²) in [7, 11) is 0. The fraction of sp³-hybridized carbons (Fsp3) is 0.538. The Morgan fingerprint density at radius 3 is 2.72 bits per heavy atom. The molecule has 1 aromatic carbocycles. The first-order valence-electron chi connectivity index (χ1n) is 6.26. The van der Waals surface area contributed by atoms with E-state index >= 15 is 0 Å². The molecule has 18 heavy (non-hydrogen) atoms. The number of nitrogens with one attached hydrogen (secondary N) is 1. The number of benzene rings is 1. The van der Waals surface area contributed by atoms with Crippen LogP contribution in [0.2, 0.25) is 0 Å². The number of piperazine rings is 1. The van der Waals surface area contributed by atoms with Gasteiger partial charge in [0.15, 0.2) is 11.6 Å². The summed E-state index contributed by atoms with van der Waals surface area (Å²) in [6.07, 6.45) is 0.856. The maximum Gasteiger partial charge on any atom is 0.179 e. The van der Waals surface area contributed by atoms with E-state index < -0.39 is 5.82 Å². The van der Waals surface area contributed by atoms with E-state index in [0.29, 0.717) is 10.0 Å². The lowest BCUT2D eigenvalue weighted by atomic mass is 10.0. The average Bonchev–Trinajstić information content (AvgIpc) is 2.41. The molecule has 1 aliphatic rings. The van der Waals surface area contributed by atoms with Gasteiger partial charge in [0.1, 0.15) is 0 Å². The number of phenolic OH excluding ortho intramolecular Hbond substituents is 1. The van der Waals surface area contributed by atoms with Crippen LogP contribution in [0.5, 0.6) is 5.75 Å². The van der Waals surface area contributed by atoms with E-state index in [2.05, 4.69) is 33.1 Å². The largest absolute Gasteiger partial charge is 0.505 e. The van der Waals surface area contributed by atoms with Gasteiger partial charge in [0, 0.05) is 37.8 Å². The van der Waals surface area contributed by atoms with Gasteiger partial charge in [-0.2, -0.15) is 0 Å². The molecular weight excluding hydrogens is 299 g/mol. The highest BCUT2D eigenvalue weighted by Gasteiger charge is 2.24. The average molecular weight is 317 g/mol. The molecule has 2 rings (SSSR count). The van der Waals surface area contributed by atoms with Crippen molar-refractivity contribution in [1.82, 2.24) is 10.2 Å². The second-order valence-electron chi connectivity index (χ2n) is 4.51. The zero-order chi connectivity index (χ0) is 13.1. The van der Waals surface area contributed by atoms with Gasteiger partial charge in [-0.05, 0) is 28.4 Å². The summed E-state index contributed by atoms with van der Waals surface area (Å²) in [6.45, 7) is 5.80. The minimum atomic E-state index is -0.568. The number of aromatic hydroxyl groups is 1. The molecule has 0 spiro atoms. The van der Waals surface area contributed by atoms with Gasteiger partial charge in [0.25, 0.3) is 0 Å². The summed E-state index contributed by atoms with van der Waals surface area (Å²) < 4.78 is 14.0. The summed E-state index contributed by atoms with van der Waals surface area (Å²) >= 11 is 3.09. The fourth-order valence-electron chi connectivity index (χ4n) is 2.49. The lowest BCUT2D eigenvalue weighted by Gasteiger charge is -2.35. The van der Waals surface area contributed by atoms with E-state index in [1.54, 1.807) is 12.1 Å². The molecule has 1 heterocycles. The van der Waals surface area contributed by atoms with Gasteiger partial charge in [-0.1, -0.05) is 13.0 Å². The maximum atomic E-state index is 13.7. The van der Waals surface area contributed by atoms with Gasteiger partial charge < -0.3 is 10.4 Å². The highest BCUT2D eigenvalue weighted by atomic mass is 79.9. The predicted molar refractivity (Wildman–Crippen MR) is 73.2 cm³/mol. The third-order valence-electron chi connectivity index (χ3n) is 3.44. The molecular formula is C13H18BrFN2O. The zero-order valence-electron chi connectivity index (χ0n) is 10.4. The van der Waals surface area contributed by atoms with Gasteiger partial charge in [-0.3, -0.25) is 4.90 Å². The van der Waals surface area contributed by atoms with Gasteiger partial charge >= 0.3 is 0 Å². The molecule has 0 radical (unpaired) electrons. The molecule has 0 amide bonds. The molecule has 0 aliphatic carbocycles. The number of hydrogen-bond donors (Lipinski definition) is 2.